The highest BCUT2D eigenvalue weighted by atomic mass is 28.4. The first kappa shape index (κ1) is 26.1. The summed E-state index contributed by atoms with van der Waals surface area (Å²) in [6.45, 7) is 11.2. The Morgan fingerprint density at radius 2 is 1.59 bits per heavy atom. The van der Waals surface area contributed by atoms with E-state index in [1.807, 2.05) is 12.1 Å². The second-order valence-electron chi connectivity index (χ2n) is 9.26. The van der Waals surface area contributed by atoms with Crippen LogP contribution < -0.4 is 10.4 Å². The van der Waals surface area contributed by atoms with Crippen LogP contribution in [0.3, 0.4) is 0 Å². The molecule has 3 nitrogen and oxygen atoms in total. The second-order valence-corrected chi connectivity index (χ2v) is 13.6. The largest absolute Gasteiger partial charge is 0.407 e. The van der Waals surface area contributed by atoms with Gasteiger partial charge in [0.15, 0.2) is 0 Å². The molecule has 0 radical (unpaired) electrons. The summed E-state index contributed by atoms with van der Waals surface area (Å²) in [4.78, 5) is 0. The van der Waals surface area contributed by atoms with Gasteiger partial charge in [0.2, 0.25) is 0 Å². The Morgan fingerprint density at radius 3 is 2.06 bits per heavy atom. The fourth-order valence-electron chi connectivity index (χ4n) is 4.19. The minimum atomic E-state index is -2.50. The molecule has 0 unspecified atom stereocenters. The van der Waals surface area contributed by atoms with Crippen molar-refractivity contribution >= 4 is 18.7 Å². The van der Waals surface area contributed by atoms with Gasteiger partial charge in [0.25, 0.3) is 8.32 Å². The third kappa shape index (κ3) is 6.92. The summed E-state index contributed by atoms with van der Waals surface area (Å²) < 4.78 is 6.85. The van der Waals surface area contributed by atoms with Crippen molar-refractivity contribution in [3.05, 3.63) is 73.3 Å². The maximum absolute atomic E-state index is 10.1. The Morgan fingerprint density at radius 1 is 1.03 bits per heavy atom. The van der Waals surface area contributed by atoms with Crippen molar-refractivity contribution in [2.45, 2.75) is 57.6 Å². The number of hydrogen-bond acceptors (Lipinski definition) is 3. The van der Waals surface area contributed by atoms with Crippen LogP contribution in [0.15, 0.2) is 73.3 Å². The molecular formula is C28H38O3Si. The summed E-state index contributed by atoms with van der Waals surface area (Å²) in [7, 11) is -2.50. The highest BCUT2D eigenvalue weighted by Gasteiger charge is 2.49. The topological polar surface area (TPSA) is 49.7 Å². The lowest BCUT2D eigenvalue weighted by Crippen LogP contribution is -2.66. The van der Waals surface area contributed by atoms with Crippen LogP contribution >= 0.6 is 0 Å². The van der Waals surface area contributed by atoms with Gasteiger partial charge >= 0.3 is 0 Å². The van der Waals surface area contributed by atoms with E-state index in [2.05, 4.69) is 87.7 Å². The van der Waals surface area contributed by atoms with Gasteiger partial charge in [-0.3, -0.25) is 0 Å². The average Bonchev–Trinajstić information content (AvgIpc) is 2.78. The van der Waals surface area contributed by atoms with E-state index in [9.17, 15) is 10.2 Å². The molecule has 2 aromatic carbocycles. The normalized spacial score (nSPS) is 13.7. The minimum Gasteiger partial charge on any atom is -0.407 e. The van der Waals surface area contributed by atoms with Gasteiger partial charge in [-0.1, -0.05) is 93.4 Å². The Bertz CT molecular complexity index is 823. The number of aliphatic hydroxyl groups is 2. The molecule has 32 heavy (non-hydrogen) atoms. The van der Waals surface area contributed by atoms with Crippen LogP contribution in [-0.2, 0) is 4.43 Å². The average molecular weight is 451 g/mol. The summed E-state index contributed by atoms with van der Waals surface area (Å²) in [5, 5.41) is 22.0. The molecule has 2 atom stereocenters. The van der Waals surface area contributed by atoms with Gasteiger partial charge in [-0.25, -0.2) is 0 Å². The van der Waals surface area contributed by atoms with E-state index in [-0.39, 0.29) is 17.6 Å². The molecule has 2 aromatic rings. The lowest BCUT2D eigenvalue weighted by Gasteiger charge is -2.43. The predicted molar refractivity (Wildman–Crippen MR) is 137 cm³/mol. The molecule has 0 bridgehead atoms. The Labute approximate surface area is 195 Å². The maximum atomic E-state index is 10.1. The molecular weight excluding hydrogens is 412 g/mol. The number of rotatable bonds is 11. The van der Waals surface area contributed by atoms with E-state index in [0.29, 0.717) is 25.9 Å². The zero-order chi connectivity index (χ0) is 23.5. The zero-order valence-electron chi connectivity index (χ0n) is 19.8. The third-order valence-corrected chi connectivity index (χ3v) is 10.8. The van der Waals surface area contributed by atoms with Gasteiger partial charge in [0.1, 0.15) is 6.10 Å². The maximum Gasteiger partial charge on any atom is 0.261 e. The van der Waals surface area contributed by atoms with Crippen LogP contribution in [0.4, 0.5) is 0 Å². The molecule has 2 N–H and O–H groups in total. The van der Waals surface area contributed by atoms with Crippen LogP contribution in [0.25, 0.3) is 0 Å². The van der Waals surface area contributed by atoms with E-state index >= 15 is 0 Å². The molecule has 172 valence electrons. The summed E-state index contributed by atoms with van der Waals surface area (Å²) in [6, 6.07) is 21.2. The van der Waals surface area contributed by atoms with Crippen LogP contribution in [0.5, 0.6) is 0 Å². The molecule has 0 aromatic heterocycles. The molecule has 0 saturated heterocycles. The Hall–Kier alpha value is -2.16. The zero-order valence-corrected chi connectivity index (χ0v) is 20.8. The van der Waals surface area contributed by atoms with Gasteiger partial charge in [0, 0.05) is 19.6 Å². The van der Waals surface area contributed by atoms with Crippen LogP contribution in [0.2, 0.25) is 5.04 Å². The first-order chi connectivity index (χ1) is 15.3. The molecule has 0 heterocycles. The molecule has 0 amide bonds. The van der Waals surface area contributed by atoms with Crippen LogP contribution in [-0.4, -0.2) is 37.8 Å². The molecule has 0 aliphatic rings. The van der Waals surface area contributed by atoms with Crippen molar-refractivity contribution in [3.63, 3.8) is 0 Å². The highest BCUT2D eigenvalue weighted by molar-refractivity contribution is 6.99. The number of benzene rings is 2. The lowest BCUT2D eigenvalue weighted by molar-refractivity contribution is 0.153. The van der Waals surface area contributed by atoms with Gasteiger partial charge in [-0.15, -0.1) is 12.5 Å². The molecule has 0 saturated carbocycles. The number of hydrogen-bond donors (Lipinski definition) is 2. The summed E-state index contributed by atoms with van der Waals surface area (Å²) >= 11 is 0. The second kappa shape index (κ2) is 12.8. The summed E-state index contributed by atoms with van der Waals surface area (Å²) in [5.41, 5.74) is 0. The van der Waals surface area contributed by atoms with Crippen molar-refractivity contribution in [3.8, 4) is 11.8 Å². The molecule has 0 aliphatic carbocycles. The summed E-state index contributed by atoms with van der Waals surface area (Å²) in [6.07, 6.45) is 3.67. The van der Waals surface area contributed by atoms with Crippen molar-refractivity contribution in [2.75, 3.05) is 13.2 Å². The van der Waals surface area contributed by atoms with Gasteiger partial charge in [0.05, 0.1) is 0 Å². The van der Waals surface area contributed by atoms with Gasteiger partial charge < -0.3 is 14.6 Å². The Balaban J connectivity index is 2.09. The molecule has 2 rings (SSSR count). The van der Waals surface area contributed by atoms with E-state index in [0.717, 1.165) is 6.42 Å². The smallest absolute Gasteiger partial charge is 0.261 e. The first-order valence-corrected chi connectivity index (χ1v) is 13.4. The first-order valence-electron chi connectivity index (χ1n) is 11.5. The van der Waals surface area contributed by atoms with Gasteiger partial charge in [-0.05, 0) is 40.6 Å². The third-order valence-electron chi connectivity index (χ3n) is 5.76. The van der Waals surface area contributed by atoms with Crippen molar-refractivity contribution in [2.24, 2.45) is 5.92 Å². The number of aliphatic hydroxyl groups excluding tert-OH is 2. The predicted octanol–water partition coefficient (Wildman–Crippen LogP) is 4.28. The molecule has 0 aliphatic heterocycles. The van der Waals surface area contributed by atoms with Gasteiger partial charge in [-0.2, -0.15) is 0 Å². The highest BCUT2D eigenvalue weighted by Crippen LogP contribution is 2.36. The van der Waals surface area contributed by atoms with Crippen LogP contribution in [0, 0.1) is 17.8 Å². The van der Waals surface area contributed by atoms with Crippen LogP contribution in [0.1, 0.15) is 46.5 Å². The lowest BCUT2D eigenvalue weighted by atomic mass is 9.99. The van der Waals surface area contributed by atoms with Crippen molar-refractivity contribution < 1.29 is 14.6 Å². The number of unbranched alkanes of at least 4 members (excludes halogenated alkanes) is 1. The SMILES string of the molecule is C=CC[C@@H](CO)C[C@@H](O)C#CCCCO[Si](c1ccccc1)(c1ccccc1)C(C)(C)C. The fraction of sp³-hybridized carbons (Fsp3) is 0.429. The molecule has 4 heteroatoms. The quantitative estimate of drug-likeness (QED) is 0.232. The number of allylic oxidation sites excluding steroid dienone is 1. The van der Waals surface area contributed by atoms with E-state index in [4.69, 9.17) is 4.43 Å². The monoisotopic (exact) mass is 450 g/mol. The Kier molecular flexibility index (Phi) is 10.4. The fourth-order valence-corrected chi connectivity index (χ4v) is 8.80. The van der Waals surface area contributed by atoms with E-state index in [1.165, 1.54) is 10.4 Å². The molecule has 0 spiro atoms. The minimum absolute atomic E-state index is 0.00952. The van der Waals surface area contributed by atoms with E-state index in [1.54, 1.807) is 6.08 Å². The van der Waals surface area contributed by atoms with E-state index < -0.39 is 14.4 Å². The standard InChI is InChI=1S/C28H38O3Si/c1-5-15-24(23-29)22-25(30)16-9-8-14-21-31-32(28(2,3)4,26-17-10-6-11-18-26)27-19-12-7-13-20-27/h5-7,10-13,17-20,24-25,29-30H,1,8,14-15,21-23H2,2-4H3/t24-,25+/m1/s1. The summed E-state index contributed by atoms with van der Waals surface area (Å²) in [5.74, 6) is 6.01. The van der Waals surface area contributed by atoms with Crippen molar-refractivity contribution in [1.29, 1.82) is 0 Å². The van der Waals surface area contributed by atoms with Crippen molar-refractivity contribution in [1.82, 2.24) is 0 Å². The molecule has 0 fully saturated rings.